The maximum atomic E-state index is 12.4. The maximum Gasteiger partial charge on any atom is 0.338 e. The van der Waals surface area contributed by atoms with E-state index in [1.165, 1.54) is 0 Å². The van der Waals surface area contributed by atoms with Gasteiger partial charge in [-0.15, -0.1) is 0 Å². The van der Waals surface area contributed by atoms with Gasteiger partial charge in [0.2, 0.25) is 0 Å². The highest BCUT2D eigenvalue weighted by Crippen LogP contribution is 2.21. The van der Waals surface area contributed by atoms with Crippen molar-refractivity contribution in [2.75, 3.05) is 11.9 Å². The van der Waals surface area contributed by atoms with Crippen molar-refractivity contribution in [3.8, 4) is 0 Å². The Morgan fingerprint density at radius 1 is 1.13 bits per heavy atom. The quantitative estimate of drug-likeness (QED) is 0.633. The minimum atomic E-state index is -0.624. The zero-order valence-electron chi connectivity index (χ0n) is 17.6. The molecule has 0 aliphatic rings. The fraction of sp³-hybridized carbons (Fsp3) is 0.304. The highest BCUT2D eigenvalue weighted by molar-refractivity contribution is 5.97. The van der Waals surface area contributed by atoms with Crippen LogP contribution in [0.3, 0.4) is 0 Å². The van der Waals surface area contributed by atoms with E-state index in [0.29, 0.717) is 23.3 Å². The molecule has 0 saturated carbocycles. The maximum absolute atomic E-state index is 12.4. The van der Waals surface area contributed by atoms with Crippen molar-refractivity contribution in [1.82, 2.24) is 9.55 Å². The molecule has 1 amide bonds. The molecule has 0 radical (unpaired) electrons. The van der Waals surface area contributed by atoms with Crippen LogP contribution in [0.5, 0.6) is 0 Å². The summed E-state index contributed by atoms with van der Waals surface area (Å²) in [6.07, 6.45) is 0.781. The molecule has 1 heterocycles. The number of ether oxygens (including phenoxy) is 1. The van der Waals surface area contributed by atoms with Crippen molar-refractivity contribution in [2.24, 2.45) is 0 Å². The van der Waals surface area contributed by atoms with Crippen molar-refractivity contribution < 1.29 is 14.3 Å². The summed E-state index contributed by atoms with van der Waals surface area (Å²) in [6.45, 7) is 7.55. The van der Waals surface area contributed by atoms with Crippen molar-refractivity contribution in [1.29, 1.82) is 0 Å². The van der Waals surface area contributed by atoms with Gasteiger partial charge in [0.1, 0.15) is 5.69 Å². The zero-order valence-corrected chi connectivity index (χ0v) is 17.6. The van der Waals surface area contributed by atoms with Gasteiger partial charge < -0.3 is 14.6 Å². The van der Waals surface area contributed by atoms with E-state index in [2.05, 4.69) is 10.3 Å². The van der Waals surface area contributed by atoms with E-state index >= 15 is 0 Å². The molecular weight excluding hydrogens is 382 g/mol. The molecule has 1 N–H and O–H groups in total. The molecule has 30 heavy (non-hydrogen) atoms. The summed E-state index contributed by atoms with van der Waals surface area (Å²) in [6, 6.07) is 10.6. The molecule has 0 fully saturated rings. The highest BCUT2D eigenvalue weighted by atomic mass is 16.5. The van der Waals surface area contributed by atoms with Gasteiger partial charge in [0.05, 0.1) is 16.6 Å². The van der Waals surface area contributed by atoms with Gasteiger partial charge in [0.25, 0.3) is 11.5 Å². The molecule has 0 bridgehead atoms. The third-order valence-corrected chi connectivity index (χ3v) is 5.00. The smallest absolute Gasteiger partial charge is 0.338 e. The topological polar surface area (TPSA) is 90.3 Å². The van der Waals surface area contributed by atoms with E-state index in [1.807, 2.05) is 39.0 Å². The zero-order chi connectivity index (χ0) is 21.8. The molecular formula is C23H25N3O4. The largest absolute Gasteiger partial charge is 0.452 e. The van der Waals surface area contributed by atoms with Gasteiger partial charge in [-0.05, 0) is 56.5 Å². The van der Waals surface area contributed by atoms with E-state index < -0.39 is 18.5 Å². The Balaban J connectivity index is 1.74. The lowest BCUT2D eigenvalue weighted by Gasteiger charge is -2.13. The predicted octanol–water partition coefficient (Wildman–Crippen LogP) is 3.39. The highest BCUT2D eigenvalue weighted by Gasteiger charge is 2.15. The number of carbonyl (C=O) groups is 2. The minimum absolute atomic E-state index is 0.153. The lowest BCUT2D eigenvalue weighted by Crippen LogP contribution is -2.24. The number of aryl methyl sites for hydroxylation is 4. The number of hydrogen-bond acceptors (Lipinski definition) is 5. The molecule has 2 aromatic carbocycles. The molecule has 1 aromatic heterocycles. The first-order valence-electron chi connectivity index (χ1n) is 9.92. The monoisotopic (exact) mass is 407 g/mol. The Morgan fingerprint density at radius 2 is 1.90 bits per heavy atom. The van der Waals surface area contributed by atoms with Gasteiger partial charge in [-0.1, -0.05) is 25.1 Å². The Hall–Kier alpha value is -3.48. The molecule has 0 unspecified atom stereocenters. The van der Waals surface area contributed by atoms with Gasteiger partial charge >= 0.3 is 5.97 Å². The second-order valence-electron chi connectivity index (χ2n) is 7.04. The average Bonchev–Trinajstić information content (AvgIpc) is 2.74. The van der Waals surface area contributed by atoms with E-state index in [1.54, 1.807) is 29.7 Å². The SMILES string of the molecule is CCc1cccc(C)c1NC(=O)COC(=O)c1ccc2c(c1)nc(C)c(=O)n2CC. The van der Waals surface area contributed by atoms with Crippen LogP contribution in [-0.4, -0.2) is 28.0 Å². The van der Waals surface area contributed by atoms with E-state index in [-0.39, 0.29) is 11.1 Å². The van der Waals surface area contributed by atoms with E-state index in [0.717, 1.165) is 23.2 Å². The van der Waals surface area contributed by atoms with Crippen molar-refractivity contribution in [2.45, 2.75) is 40.7 Å². The minimum Gasteiger partial charge on any atom is -0.452 e. The number of esters is 1. The molecule has 0 aliphatic heterocycles. The molecule has 3 rings (SSSR count). The summed E-state index contributed by atoms with van der Waals surface area (Å²) < 4.78 is 6.79. The van der Waals surface area contributed by atoms with Crippen LogP contribution >= 0.6 is 0 Å². The van der Waals surface area contributed by atoms with Gasteiger partial charge in [0, 0.05) is 12.2 Å². The van der Waals surface area contributed by atoms with Gasteiger partial charge in [-0.2, -0.15) is 0 Å². The van der Waals surface area contributed by atoms with Crippen molar-refractivity contribution in [3.63, 3.8) is 0 Å². The van der Waals surface area contributed by atoms with Crippen LogP contribution in [-0.2, 0) is 22.5 Å². The van der Waals surface area contributed by atoms with Crippen LogP contribution < -0.4 is 10.9 Å². The summed E-state index contributed by atoms with van der Waals surface area (Å²) in [4.78, 5) is 41.2. The summed E-state index contributed by atoms with van der Waals surface area (Å²) in [5, 5.41) is 2.83. The molecule has 156 valence electrons. The van der Waals surface area contributed by atoms with Gasteiger partial charge in [0.15, 0.2) is 6.61 Å². The molecule has 0 saturated heterocycles. The number of aromatic nitrogens is 2. The lowest BCUT2D eigenvalue weighted by molar-refractivity contribution is -0.119. The normalized spacial score (nSPS) is 10.8. The third kappa shape index (κ3) is 4.25. The summed E-state index contributed by atoms with van der Waals surface area (Å²) >= 11 is 0. The van der Waals surface area contributed by atoms with Gasteiger partial charge in [-0.25, -0.2) is 9.78 Å². The van der Waals surface area contributed by atoms with Crippen molar-refractivity contribution in [3.05, 3.63) is 69.1 Å². The Labute approximate surface area is 174 Å². The van der Waals surface area contributed by atoms with Crippen LogP contribution in [0.2, 0.25) is 0 Å². The molecule has 0 aliphatic carbocycles. The van der Waals surface area contributed by atoms with Crippen LogP contribution in [0.1, 0.15) is 41.0 Å². The van der Waals surface area contributed by atoms with Crippen LogP contribution in [0, 0.1) is 13.8 Å². The number of nitrogens with one attached hydrogen (secondary N) is 1. The number of fused-ring (bicyclic) bond motifs is 1. The predicted molar refractivity (Wildman–Crippen MR) is 116 cm³/mol. The second kappa shape index (κ2) is 8.90. The van der Waals surface area contributed by atoms with Crippen LogP contribution in [0.25, 0.3) is 11.0 Å². The summed E-state index contributed by atoms with van der Waals surface area (Å²) in [5.41, 5.74) is 4.38. The summed E-state index contributed by atoms with van der Waals surface area (Å²) in [7, 11) is 0. The molecule has 7 heteroatoms. The number of amides is 1. The first-order valence-corrected chi connectivity index (χ1v) is 9.92. The Kier molecular flexibility index (Phi) is 6.30. The number of rotatable bonds is 6. The second-order valence-corrected chi connectivity index (χ2v) is 7.04. The first-order chi connectivity index (χ1) is 14.3. The third-order valence-electron chi connectivity index (χ3n) is 5.00. The number of carbonyl (C=O) groups excluding carboxylic acids is 2. The molecule has 3 aromatic rings. The summed E-state index contributed by atoms with van der Waals surface area (Å²) in [5.74, 6) is -1.02. The number of nitrogens with zero attached hydrogens (tertiary/aromatic N) is 2. The number of para-hydroxylation sites is 1. The van der Waals surface area contributed by atoms with Crippen molar-refractivity contribution >= 4 is 28.6 Å². The first kappa shape index (κ1) is 21.2. The molecule has 0 spiro atoms. The van der Waals surface area contributed by atoms with Crippen LogP contribution in [0.4, 0.5) is 5.69 Å². The lowest BCUT2D eigenvalue weighted by atomic mass is 10.1. The average molecular weight is 407 g/mol. The number of benzene rings is 2. The number of hydrogen-bond donors (Lipinski definition) is 1. The Morgan fingerprint density at radius 3 is 2.60 bits per heavy atom. The molecule has 7 nitrogen and oxygen atoms in total. The Bertz CT molecular complexity index is 1180. The fourth-order valence-corrected chi connectivity index (χ4v) is 3.41. The molecule has 0 atom stereocenters. The number of anilines is 1. The van der Waals surface area contributed by atoms with Crippen LogP contribution in [0.15, 0.2) is 41.2 Å². The fourth-order valence-electron chi connectivity index (χ4n) is 3.41. The van der Waals surface area contributed by atoms with E-state index in [4.69, 9.17) is 4.74 Å². The standard InChI is InChI=1S/C23H25N3O4/c1-5-16-9-7-8-14(3)21(16)25-20(27)13-30-23(29)17-10-11-19-18(12-17)24-15(4)22(28)26(19)6-2/h7-12H,5-6,13H2,1-4H3,(H,25,27). The van der Waals surface area contributed by atoms with E-state index in [9.17, 15) is 14.4 Å². The van der Waals surface area contributed by atoms with Gasteiger partial charge in [-0.3, -0.25) is 9.59 Å².